The Morgan fingerprint density at radius 3 is 2.44 bits per heavy atom. The molecule has 0 heterocycles. The first-order valence-electron chi connectivity index (χ1n) is 7.46. The smallest absolute Gasteiger partial charge is 0.354 e. The van der Waals surface area contributed by atoms with Gasteiger partial charge >= 0.3 is 11.9 Å². The van der Waals surface area contributed by atoms with Crippen LogP contribution in [0.4, 0.5) is 5.69 Å². The molecule has 0 bridgehead atoms. The molecule has 8 nitrogen and oxygen atoms in total. The molecule has 0 atom stereocenters. The van der Waals surface area contributed by atoms with Gasteiger partial charge in [-0.05, 0) is 24.6 Å². The van der Waals surface area contributed by atoms with Crippen molar-refractivity contribution in [3.8, 4) is 0 Å². The van der Waals surface area contributed by atoms with Crippen LogP contribution in [0.1, 0.15) is 15.9 Å². The standard InChI is InChI=1S/C17H22N2O6/c1-11-12(16(21)18-8-9-23-2)6-5-7-13(11)19-14(17(22)25-4)10-15(20)24-3/h5-7,10,19H,8-9H2,1-4H3,(H,18,21)/b14-10+. The molecule has 0 aromatic heterocycles. The molecule has 0 spiro atoms. The number of anilines is 1. The van der Waals surface area contributed by atoms with Crippen molar-refractivity contribution in [2.45, 2.75) is 6.92 Å². The molecular formula is C17H22N2O6. The van der Waals surface area contributed by atoms with Gasteiger partial charge in [-0.2, -0.15) is 0 Å². The molecule has 25 heavy (non-hydrogen) atoms. The van der Waals surface area contributed by atoms with E-state index in [1.807, 2.05) is 0 Å². The summed E-state index contributed by atoms with van der Waals surface area (Å²) in [6.45, 7) is 2.50. The highest BCUT2D eigenvalue weighted by molar-refractivity contribution is 6.00. The molecule has 0 unspecified atom stereocenters. The van der Waals surface area contributed by atoms with Crippen LogP contribution in [0.5, 0.6) is 0 Å². The third-order valence-corrected chi connectivity index (χ3v) is 3.31. The Kier molecular flexibility index (Phi) is 8.14. The second-order valence-corrected chi connectivity index (χ2v) is 4.92. The highest BCUT2D eigenvalue weighted by atomic mass is 16.5. The Hall–Kier alpha value is -2.87. The summed E-state index contributed by atoms with van der Waals surface area (Å²) in [5.41, 5.74) is 1.43. The molecule has 1 aromatic carbocycles. The molecule has 0 aliphatic carbocycles. The lowest BCUT2D eigenvalue weighted by molar-refractivity contribution is -0.138. The number of rotatable bonds is 8. The van der Waals surface area contributed by atoms with E-state index in [1.165, 1.54) is 14.2 Å². The molecule has 1 amide bonds. The zero-order chi connectivity index (χ0) is 18.8. The van der Waals surface area contributed by atoms with Gasteiger partial charge in [0.2, 0.25) is 0 Å². The van der Waals surface area contributed by atoms with Crippen molar-refractivity contribution < 1.29 is 28.6 Å². The van der Waals surface area contributed by atoms with Gasteiger partial charge in [-0.1, -0.05) is 6.07 Å². The number of carbonyl (C=O) groups is 3. The van der Waals surface area contributed by atoms with Crippen LogP contribution in [0.15, 0.2) is 30.0 Å². The Balaban J connectivity index is 3.06. The van der Waals surface area contributed by atoms with Crippen LogP contribution in [0.25, 0.3) is 0 Å². The van der Waals surface area contributed by atoms with Crippen molar-refractivity contribution in [2.75, 3.05) is 39.8 Å². The quantitative estimate of drug-likeness (QED) is 0.410. The average molecular weight is 350 g/mol. The predicted octanol–water partition coefficient (Wildman–Crippen LogP) is 1.01. The Morgan fingerprint density at radius 2 is 1.84 bits per heavy atom. The number of carbonyl (C=O) groups excluding carboxylic acids is 3. The van der Waals surface area contributed by atoms with E-state index in [9.17, 15) is 14.4 Å². The first kappa shape index (κ1) is 20.2. The van der Waals surface area contributed by atoms with Crippen molar-refractivity contribution in [2.24, 2.45) is 0 Å². The lowest BCUT2D eigenvalue weighted by Crippen LogP contribution is -2.27. The second-order valence-electron chi connectivity index (χ2n) is 4.92. The van der Waals surface area contributed by atoms with Crippen LogP contribution in [0.2, 0.25) is 0 Å². The largest absolute Gasteiger partial charge is 0.466 e. The molecule has 0 radical (unpaired) electrons. The predicted molar refractivity (Wildman–Crippen MR) is 91.1 cm³/mol. The minimum absolute atomic E-state index is 0.102. The van der Waals surface area contributed by atoms with Crippen LogP contribution in [-0.2, 0) is 23.8 Å². The lowest BCUT2D eigenvalue weighted by atomic mass is 10.1. The molecule has 0 aliphatic heterocycles. The molecular weight excluding hydrogens is 328 g/mol. The fraction of sp³-hybridized carbons (Fsp3) is 0.353. The van der Waals surface area contributed by atoms with Crippen molar-refractivity contribution in [3.63, 3.8) is 0 Å². The van der Waals surface area contributed by atoms with Gasteiger partial charge < -0.3 is 24.8 Å². The molecule has 0 aliphatic rings. The summed E-state index contributed by atoms with van der Waals surface area (Å²) in [5.74, 6) is -1.71. The summed E-state index contributed by atoms with van der Waals surface area (Å²) in [5, 5.41) is 5.53. The zero-order valence-electron chi connectivity index (χ0n) is 14.7. The van der Waals surface area contributed by atoms with Gasteiger partial charge in [0.05, 0.1) is 26.9 Å². The average Bonchev–Trinajstić information content (AvgIpc) is 2.61. The third kappa shape index (κ3) is 5.92. The van der Waals surface area contributed by atoms with Gasteiger partial charge in [-0.25, -0.2) is 9.59 Å². The number of ether oxygens (including phenoxy) is 3. The fourth-order valence-electron chi connectivity index (χ4n) is 1.96. The maximum Gasteiger partial charge on any atom is 0.354 e. The Bertz CT molecular complexity index is 669. The topological polar surface area (TPSA) is 103 Å². The van der Waals surface area contributed by atoms with Crippen LogP contribution in [0, 0.1) is 6.92 Å². The van der Waals surface area contributed by atoms with E-state index in [0.717, 1.165) is 6.08 Å². The lowest BCUT2D eigenvalue weighted by Gasteiger charge is -2.14. The van der Waals surface area contributed by atoms with Crippen molar-refractivity contribution in [3.05, 3.63) is 41.1 Å². The van der Waals surface area contributed by atoms with E-state index in [2.05, 4.69) is 20.1 Å². The van der Waals surface area contributed by atoms with E-state index in [1.54, 1.807) is 32.2 Å². The van der Waals surface area contributed by atoms with Gasteiger partial charge in [0.15, 0.2) is 0 Å². The van der Waals surface area contributed by atoms with Crippen molar-refractivity contribution >= 4 is 23.5 Å². The summed E-state index contributed by atoms with van der Waals surface area (Å²) in [6.07, 6.45) is 0.983. The summed E-state index contributed by atoms with van der Waals surface area (Å²) in [7, 11) is 3.94. The van der Waals surface area contributed by atoms with Crippen molar-refractivity contribution in [1.82, 2.24) is 5.32 Å². The van der Waals surface area contributed by atoms with E-state index in [0.29, 0.717) is 30.0 Å². The maximum atomic E-state index is 12.2. The number of hydrogen-bond donors (Lipinski definition) is 2. The SMILES string of the molecule is COCCNC(=O)c1cccc(N/C(=C/C(=O)OC)C(=O)OC)c1C. The van der Waals surface area contributed by atoms with E-state index in [-0.39, 0.29) is 11.6 Å². The van der Waals surface area contributed by atoms with E-state index in [4.69, 9.17) is 4.74 Å². The summed E-state index contributed by atoms with van der Waals surface area (Å²) in [6, 6.07) is 4.99. The van der Waals surface area contributed by atoms with E-state index >= 15 is 0 Å². The minimum atomic E-state index is -0.736. The number of benzene rings is 1. The molecule has 0 fully saturated rings. The number of amides is 1. The molecule has 8 heteroatoms. The molecule has 0 saturated heterocycles. The molecule has 1 rings (SSSR count). The Labute approximate surface area is 146 Å². The first-order chi connectivity index (χ1) is 11.9. The molecule has 0 saturated carbocycles. The second kappa shape index (κ2) is 10.1. The van der Waals surface area contributed by atoms with Crippen LogP contribution < -0.4 is 10.6 Å². The molecule has 1 aromatic rings. The molecule has 136 valence electrons. The van der Waals surface area contributed by atoms with Crippen LogP contribution in [0.3, 0.4) is 0 Å². The van der Waals surface area contributed by atoms with Crippen molar-refractivity contribution in [1.29, 1.82) is 0 Å². The Morgan fingerprint density at radius 1 is 1.12 bits per heavy atom. The fourth-order valence-corrected chi connectivity index (χ4v) is 1.96. The normalized spacial score (nSPS) is 10.8. The van der Waals surface area contributed by atoms with Crippen LogP contribution in [-0.4, -0.2) is 52.3 Å². The maximum absolute atomic E-state index is 12.2. The van der Waals surface area contributed by atoms with E-state index < -0.39 is 11.9 Å². The number of esters is 2. The third-order valence-electron chi connectivity index (χ3n) is 3.31. The summed E-state index contributed by atoms with van der Waals surface area (Å²) >= 11 is 0. The molecule has 2 N–H and O–H groups in total. The number of nitrogens with one attached hydrogen (secondary N) is 2. The van der Waals surface area contributed by atoms with Gasteiger partial charge in [0, 0.05) is 24.9 Å². The summed E-state index contributed by atoms with van der Waals surface area (Å²) in [4.78, 5) is 35.5. The van der Waals surface area contributed by atoms with Gasteiger partial charge in [-0.3, -0.25) is 4.79 Å². The monoisotopic (exact) mass is 350 g/mol. The zero-order valence-corrected chi connectivity index (χ0v) is 14.7. The number of methoxy groups -OCH3 is 3. The van der Waals surface area contributed by atoms with Gasteiger partial charge in [0.25, 0.3) is 5.91 Å². The number of hydrogen-bond acceptors (Lipinski definition) is 7. The highest BCUT2D eigenvalue weighted by Crippen LogP contribution is 2.21. The first-order valence-corrected chi connectivity index (χ1v) is 7.46. The highest BCUT2D eigenvalue weighted by Gasteiger charge is 2.16. The van der Waals surface area contributed by atoms with Gasteiger partial charge in [-0.15, -0.1) is 0 Å². The van der Waals surface area contributed by atoms with Crippen LogP contribution >= 0.6 is 0 Å². The summed E-state index contributed by atoms with van der Waals surface area (Å²) < 4.78 is 14.1. The van der Waals surface area contributed by atoms with Gasteiger partial charge in [0.1, 0.15) is 5.70 Å². The minimum Gasteiger partial charge on any atom is -0.466 e.